The van der Waals surface area contributed by atoms with Gasteiger partial charge in [0.15, 0.2) is 0 Å². The number of rotatable bonds is 3. The maximum absolute atomic E-state index is 13.4. The van der Waals surface area contributed by atoms with Crippen LogP contribution in [0.25, 0.3) is 0 Å². The topological polar surface area (TPSA) is 26.0 Å². The van der Waals surface area contributed by atoms with Gasteiger partial charge in [0.1, 0.15) is 5.82 Å². The molecular weight excluding hydrogens is 249 g/mol. The molecule has 1 aromatic rings. The predicted molar refractivity (Wildman–Crippen MR) is 74.3 cm³/mol. The molecule has 1 fully saturated rings. The standard InChI is InChI=1S/C15H21ClFN/c16-15-12(8-5-9-13(15)17)10-14(18)11-6-3-1-2-4-7-11/h5,8-9,11,14H,1-4,6-7,10,18H2. The second-order valence-electron chi connectivity index (χ2n) is 5.33. The van der Waals surface area contributed by atoms with E-state index in [9.17, 15) is 4.39 Å². The molecule has 1 saturated carbocycles. The Morgan fingerprint density at radius 2 is 1.89 bits per heavy atom. The summed E-state index contributed by atoms with van der Waals surface area (Å²) in [6.45, 7) is 0. The fourth-order valence-corrected chi connectivity index (χ4v) is 3.07. The lowest BCUT2D eigenvalue weighted by Gasteiger charge is -2.22. The molecular formula is C15H21ClFN. The first kappa shape index (κ1) is 13.8. The van der Waals surface area contributed by atoms with Crippen LogP contribution < -0.4 is 5.73 Å². The molecule has 0 saturated heterocycles. The van der Waals surface area contributed by atoms with Gasteiger partial charge in [0.25, 0.3) is 0 Å². The van der Waals surface area contributed by atoms with E-state index in [0.717, 1.165) is 5.56 Å². The van der Waals surface area contributed by atoms with E-state index in [0.29, 0.717) is 12.3 Å². The van der Waals surface area contributed by atoms with Gasteiger partial charge in [-0.2, -0.15) is 0 Å². The Kier molecular flexibility index (Phi) is 5.02. The molecule has 0 spiro atoms. The van der Waals surface area contributed by atoms with Gasteiger partial charge >= 0.3 is 0 Å². The summed E-state index contributed by atoms with van der Waals surface area (Å²) in [4.78, 5) is 0. The summed E-state index contributed by atoms with van der Waals surface area (Å²) in [6.07, 6.45) is 8.28. The number of hydrogen-bond donors (Lipinski definition) is 1. The number of nitrogens with two attached hydrogens (primary N) is 1. The van der Waals surface area contributed by atoms with Gasteiger partial charge in [-0.1, -0.05) is 49.4 Å². The highest BCUT2D eigenvalue weighted by Crippen LogP contribution is 2.28. The summed E-state index contributed by atoms with van der Waals surface area (Å²) in [6, 6.07) is 5.07. The molecule has 3 heteroatoms. The van der Waals surface area contributed by atoms with E-state index in [-0.39, 0.29) is 16.9 Å². The lowest BCUT2D eigenvalue weighted by atomic mass is 9.88. The first-order valence-electron chi connectivity index (χ1n) is 6.87. The summed E-state index contributed by atoms with van der Waals surface area (Å²) >= 11 is 5.98. The summed E-state index contributed by atoms with van der Waals surface area (Å²) < 4.78 is 13.4. The molecule has 2 N–H and O–H groups in total. The quantitative estimate of drug-likeness (QED) is 0.813. The van der Waals surface area contributed by atoms with Crippen molar-refractivity contribution in [3.63, 3.8) is 0 Å². The second-order valence-corrected chi connectivity index (χ2v) is 5.71. The molecule has 1 unspecified atom stereocenters. The highest BCUT2D eigenvalue weighted by atomic mass is 35.5. The summed E-state index contributed by atoms with van der Waals surface area (Å²) in [7, 11) is 0. The van der Waals surface area contributed by atoms with Gasteiger partial charge in [-0.3, -0.25) is 0 Å². The molecule has 1 aliphatic carbocycles. The highest BCUT2D eigenvalue weighted by Gasteiger charge is 2.21. The SMILES string of the molecule is NC(Cc1cccc(F)c1Cl)C1CCCCCC1. The zero-order chi connectivity index (χ0) is 13.0. The maximum Gasteiger partial charge on any atom is 0.142 e. The molecule has 2 rings (SSSR count). The average molecular weight is 270 g/mol. The van der Waals surface area contributed by atoms with E-state index in [1.54, 1.807) is 6.07 Å². The van der Waals surface area contributed by atoms with Crippen molar-refractivity contribution in [1.82, 2.24) is 0 Å². The zero-order valence-electron chi connectivity index (χ0n) is 10.7. The van der Waals surface area contributed by atoms with E-state index in [1.807, 2.05) is 6.07 Å². The fraction of sp³-hybridized carbons (Fsp3) is 0.600. The minimum atomic E-state index is -0.345. The third-order valence-electron chi connectivity index (χ3n) is 3.99. The van der Waals surface area contributed by atoms with Crippen molar-refractivity contribution in [3.05, 3.63) is 34.6 Å². The van der Waals surface area contributed by atoms with Gasteiger partial charge in [-0.25, -0.2) is 4.39 Å². The molecule has 0 bridgehead atoms. The first-order chi connectivity index (χ1) is 8.68. The molecule has 0 amide bonds. The van der Waals surface area contributed by atoms with Crippen molar-refractivity contribution in [2.24, 2.45) is 11.7 Å². The second kappa shape index (κ2) is 6.53. The van der Waals surface area contributed by atoms with Gasteiger partial charge in [0.2, 0.25) is 0 Å². The molecule has 1 aromatic carbocycles. The molecule has 0 aromatic heterocycles. The largest absolute Gasteiger partial charge is 0.327 e. The van der Waals surface area contributed by atoms with Crippen LogP contribution in [0.4, 0.5) is 4.39 Å². The van der Waals surface area contributed by atoms with Crippen molar-refractivity contribution < 1.29 is 4.39 Å². The monoisotopic (exact) mass is 269 g/mol. The van der Waals surface area contributed by atoms with E-state index >= 15 is 0 Å². The Hall–Kier alpha value is -0.600. The Morgan fingerprint density at radius 1 is 1.22 bits per heavy atom. The summed E-state index contributed by atoms with van der Waals surface area (Å²) in [5, 5.41) is 0.238. The van der Waals surface area contributed by atoms with Crippen LogP contribution in [0.15, 0.2) is 18.2 Å². The molecule has 0 aliphatic heterocycles. The molecule has 18 heavy (non-hydrogen) atoms. The van der Waals surface area contributed by atoms with Crippen molar-refractivity contribution >= 4 is 11.6 Å². The molecule has 100 valence electrons. The predicted octanol–water partition coefficient (Wildman–Crippen LogP) is 4.32. The number of benzene rings is 1. The molecule has 1 aliphatic rings. The van der Waals surface area contributed by atoms with E-state index in [1.165, 1.54) is 44.6 Å². The maximum atomic E-state index is 13.4. The van der Waals surface area contributed by atoms with Crippen molar-refractivity contribution in [2.75, 3.05) is 0 Å². The smallest absolute Gasteiger partial charge is 0.142 e. The molecule has 0 heterocycles. The lowest BCUT2D eigenvalue weighted by Crippen LogP contribution is -2.32. The van der Waals surface area contributed by atoms with Crippen molar-refractivity contribution in [2.45, 2.75) is 51.0 Å². The zero-order valence-corrected chi connectivity index (χ0v) is 11.4. The van der Waals surface area contributed by atoms with Crippen LogP contribution in [-0.4, -0.2) is 6.04 Å². The molecule has 0 radical (unpaired) electrons. The van der Waals surface area contributed by atoms with Crippen LogP contribution in [0, 0.1) is 11.7 Å². The third-order valence-corrected chi connectivity index (χ3v) is 4.42. The number of halogens is 2. The average Bonchev–Trinajstić information content (AvgIpc) is 2.63. The van der Waals surface area contributed by atoms with Crippen LogP contribution >= 0.6 is 11.6 Å². The van der Waals surface area contributed by atoms with Crippen molar-refractivity contribution in [1.29, 1.82) is 0 Å². The Labute approximate surface area is 114 Å². The minimum absolute atomic E-state index is 0.0994. The number of hydrogen-bond acceptors (Lipinski definition) is 1. The van der Waals surface area contributed by atoms with Crippen molar-refractivity contribution in [3.8, 4) is 0 Å². The fourth-order valence-electron chi connectivity index (χ4n) is 2.87. The molecule has 1 nitrogen and oxygen atoms in total. The van der Waals surface area contributed by atoms with E-state index in [4.69, 9.17) is 17.3 Å². The van der Waals surface area contributed by atoms with Crippen LogP contribution in [0.5, 0.6) is 0 Å². The Morgan fingerprint density at radius 3 is 2.56 bits per heavy atom. The molecule has 1 atom stereocenters. The van der Waals surface area contributed by atoms with Gasteiger partial charge in [-0.05, 0) is 36.8 Å². The van der Waals surface area contributed by atoms with Gasteiger partial charge in [-0.15, -0.1) is 0 Å². The van der Waals surface area contributed by atoms with Gasteiger partial charge in [0, 0.05) is 6.04 Å². The Balaban J connectivity index is 2.01. The highest BCUT2D eigenvalue weighted by molar-refractivity contribution is 6.31. The summed E-state index contributed by atoms with van der Waals surface area (Å²) in [5.74, 6) is 0.217. The normalized spacial score (nSPS) is 19.5. The Bertz CT molecular complexity index is 386. The summed E-state index contributed by atoms with van der Waals surface area (Å²) in [5.41, 5.74) is 7.13. The van der Waals surface area contributed by atoms with Crippen LogP contribution in [0.1, 0.15) is 44.1 Å². The minimum Gasteiger partial charge on any atom is -0.327 e. The van der Waals surface area contributed by atoms with Gasteiger partial charge in [0.05, 0.1) is 5.02 Å². The van der Waals surface area contributed by atoms with E-state index < -0.39 is 0 Å². The van der Waals surface area contributed by atoms with Crippen LogP contribution in [0.2, 0.25) is 5.02 Å². The first-order valence-corrected chi connectivity index (χ1v) is 7.24. The van der Waals surface area contributed by atoms with Crippen LogP contribution in [0.3, 0.4) is 0 Å². The van der Waals surface area contributed by atoms with Gasteiger partial charge < -0.3 is 5.73 Å². The third kappa shape index (κ3) is 3.46. The van der Waals surface area contributed by atoms with E-state index in [2.05, 4.69) is 0 Å². The van der Waals surface area contributed by atoms with Crippen LogP contribution in [-0.2, 0) is 6.42 Å². The lowest BCUT2D eigenvalue weighted by molar-refractivity contribution is 0.372.